The molecule has 2 unspecified atom stereocenters. The number of carboxylic acids is 1. The SMILES string of the molecule is Cc1ncsc1CNC(=O)NC1CCCCCC1C(=O)O. The maximum atomic E-state index is 12.0. The van der Waals surface area contributed by atoms with Crippen molar-refractivity contribution in [3.8, 4) is 0 Å². The van der Waals surface area contributed by atoms with Gasteiger partial charge >= 0.3 is 12.0 Å². The lowest BCUT2D eigenvalue weighted by atomic mass is 9.95. The van der Waals surface area contributed by atoms with E-state index < -0.39 is 11.9 Å². The minimum atomic E-state index is -0.819. The van der Waals surface area contributed by atoms with Crippen molar-refractivity contribution < 1.29 is 14.7 Å². The summed E-state index contributed by atoms with van der Waals surface area (Å²) in [6, 6.07) is -0.589. The lowest BCUT2D eigenvalue weighted by Gasteiger charge is -2.23. The number of aryl methyl sites for hydroxylation is 1. The Kier molecular flexibility index (Phi) is 5.55. The Morgan fingerprint density at radius 3 is 2.81 bits per heavy atom. The van der Waals surface area contributed by atoms with E-state index in [2.05, 4.69) is 15.6 Å². The molecule has 6 nitrogen and oxygen atoms in total. The molecule has 0 saturated heterocycles. The zero-order chi connectivity index (χ0) is 15.2. The van der Waals surface area contributed by atoms with Gasteiger partial charge in [-0.1, -0.05) is 19.3 Å². The lowest BCUT2D eigenvalue weighted by Crippen LogP contribution is -2.47. The van der Waals surface area contributed by atoms with Gasteiger partial charge in [-0.2, -0.15) is 0 Å². The highest BCUT2D eigenvalue weighted by molar-refractivity contribution is 7.09. The Hall–Kier alpha value is -1.63. The molecule has 1 aliphatic rings. The van der Waals surface area contributed by atoms with Crippen LogP contribution in [0.25, 0.3) is 0 Å². The van der Waals surface area contributed by atoms with Crippen molar-refractivity contribution >= 4 is 23.3 Å². The second-order valence-electron chi connectivity index (χ2n) is 5.38. The summed E-state index contributed by atoms with van der Waals surface area (Å²) < 4.78 is 0. The monoisotopic (exact) mass is 311 g/mol. The molecule has 0 aliphatic heterocycles. The molecule has 2 rings (SSSR count). The number of rotatable bonds is 4. The summed E-state index contributed by atoms with van der Waals surface area (Å²) in [5.74, 6) is -1.30. The molecular formula is C14H21N3O3S. The van der Waals surface area contributed by atoms with Crippen molar-refractivity contribution in [2.45, 2.75) is 51.6 Å². The first kappa shape index (κ1) is 15.8. The standard InChI is InChI=1S/C14H21N3O3S/c1-9-12(21-8-16-9)7-15-14(20)17-11-6-4-2-3-5-10(11)13(18)19/h8,10-11H,2-7H2,1H3,(H,18,19)(H2,15,17,20). The van der Waals surface area contributed by atoms with Gasteiger partial charge < -0.3 is 15.7 Å². The minimum absolute atomic E-state index is 0.285. The lowest BCUT2D eigenvalue weighted by molar-refractivity contribution is -0.142. The number of carbonyl (C=O) groups is 2. The van der Waals surface area contributed by atoms with Gasteiger partial charge in [0.05, 0.1) is 23.7 Å². The second-order valence-corrected chi connectivity index (χ2v) is 6.32. The average molecular weight is 311 g/mol. The predicted octanol–water partition coefficient (Wildman–Crippen LogP) is 2.28. The van der Waals surface area contributed by atoms with Crippen molar-refractivity contribution in [3.05, 3.63) is 16.1 Å². The number of thiazole rings is 1. The molecule has 0 bridgehead atoms. The molecule has 0 aromatic carbocycles. The van der Waals surface area contributed by atoms with E-state index in [1.165, 1.54) is 11.3 Å². The number of aromatic nitrogens is 1. The number of aliphatic carboxylic acids is 1. The average Bonchev–Trinajstić information content (AvgIpc) is 2.70. The number of hydrogen-bond donors (Lipinski definition) is 3. The maximum absolute atomic E-state index is 12.0. The van der Waals surface area contributed by atoms with Crippen molar-refractivity contribution in [1.29, 1.82) is 0 Å². The third kappa shape index (κ3) is 4.42. The topological polar surface area (TPSA) is 91.3 Å². The zero-order valence-electron chi connectivity index (χ0n) is 12.1. The predicted molar refractivity (Wildman–Crippen MR) is 80.2 cm³/mol. The first-order valence-corrected chi connectivity index (χ1v) is 8.12. The van der Waals surface area contributed by atoms with Crippen LogP contribution in [-0.4, -0.2) is 28.1 Å². The van der Waals surface area contributed by atoms with E-state index >= 15 is 0 Å². The summed E-state index contributed by atoms with van der Waals surface area (Å²) >= 11 is 1.50. The molecular weight excluding hydrogens is 290 g/mol. The van der Waals surface area contributed by atoms with Gasteiger partial charge in [-0.05, 0) is 19.8 Å². The van der Waals surface area contributed by atoms with Crippen LogP contribution in [0, 0.1) is 12.8 Å². The second kappa shape index (κ2) is 7.40. The van der Waals surface area contributed by atoms with E-state index in [0.717, 1.165) is 36.3 Å². The molecule has 2 amide bonds. The zero-order valence-corrected chi connectivity index (χ0v) is 12.9. The number of carboxylic acid groups (broad SMARTS) is 1. The Morgan fingerprint density at radius 1 is 1.38 bits per heavy atom. The molecule has 0 radical (unpaired) electrons. The molecule has 2 atom stereocenters. The molecule has 1 aliphatic carbocycles. The van der Waals surface area contributed by atoms with Gasteiger partial charge in [-0.15, -0.1) is 11.3 Å². The third-order valence-corrected chi connectivity index (χ3v) is 4.84. The van der Waals surface area contributed by atoms with Crippen molar-refractivity contribution in [3.63, 3.8) is 0 Å². The number of nitrogens with zero attached hydrogens (tertiary/aromatic N) is 1. The Balaban J connectivity index is 1.87. The van der Waals surface area contributed by atoms with Crippen LogP contribution in [0.2, 0.25) is 0 Å². The van der Waals surface area contributed by atoms with Crippen molar-refractivity contribution in [2.24, 2.45) is 5.92 Å². The molecule has 1 aromatic rings. The van der Waals surface area contributed by atoms with E-state index in [0.29, 0.717) is 13.0 Å². The van der Waals surface area contributed by atoms with Crippen LogP contribution in [-0.2, 0) is 11.3 Å². The van der Waals surface area contributed by atoms with Gasteiger partial charge in [0.15, 0.2) is 0 Å². The summed E-state index contributed by atoms with van der Waals surface area (Å²) in [6.45, 7) is 2.32. The largest absolute Gasteiger partial charge is 0.481 e. The highest BCUT2D eigenvalue weighted by Crippen LogP contribution is 2.23. The number of urea groups is 1. The third-order valence-electron chi connectivity index (χ3n) is 3.90. The summed E-state index contributed by atoms with van der Waals surface area (Å²) in [5.41, 5.74) is 2.66. The molecule has 1 saturated carbocycles. The normalized spacial score (nSPS) is 22.3. The van der Waals surface area contributed by atoms with Crippen LogP contribution < -0.4 is 10.6 Å². The van der Waals surface area contributed by atoms with Crippen LogP contribution in [0.15, 0.2) is 5.51 Å². The maximum Gasteiger partial charge on any atom is 0.315 e. The highest BCUT2D eigenvalue weighted by Gasteiger charge is 2.30. The minimum Gasteiger partial charge on any atom is -0.481 e. The highest BCUT2D eigenvalue weighted by atomic mass is 32.1. The quantitative estimate of drug-likeness (QED) is 0.744. The fourth-order valence-corrected chi connectivity index (χ4v) is 3.37. The van der Waals surface area contributed by atoms with E-state index in [1.54, 1.807) is 5.51 Å². The molecule has 1 fully saturated rings. The molecule has 1 aromatic heterocycles. The van der Waals surface area contributed by atoms with Gasteiger partial charge in [-0.3, -0.25) is 4.79 Å². The van der Waals surface area contributed by atoms with Gasteiger partial charge in [0.2, 0.25) is 0 Å². The van der Waals surface area contributed by atoms with Crippen LogP contribution in [0.1, 0.15) is 42.7 Å². The fraction of sp³-hybridized carbons (Fsp3) is 0.643. The van der Waals surface area contributed by atoms with Gasteiger partial charge in [0, 0.05) is 10.9 Å². The number of nitrogens with one attached hydrogen (secondary N) is 2. The van der Waals surface area contributed by atoms with E-state index in [4.69, 9.17) is 0 Å². The molecule has 1 heterocycles. The van der Waals surface area contributed by atoms with E-state index in [9.17, 15) is 14.7 Å². The molecule has 116 valence electrons. The van der Waals surface area contributed by atoms with E-state index in [1.807, 2.05) is 6.92 Å². The Bertz CT molecular complexity index is 503. The number of carbonyl (C=O) groups excluding carboxylic acids is 1. The summed E-state index contributed by atoms with van der Waals surface area (Å²) in [4.78, 5) is 28.4. The first-order valence-electron chi connectivity index (χ1n) is 7.24. The van der Waals surface area contributed by atoms with Crippen LogP contribution in [0.4, 0.5) is 4.79 Å². The summed E-state index contributed by atoms with van der Waals surface area (Å²) in [7, 11) is 0. The van der Waals surface area contributed by atoms with E-state index in [-0.39, 0.29) is 12.1 Å². The van der Waals surface area contributed by atoms with Crippen molar-refractivity contribution in [1.82, 2.24) is 15.6 Å². The van der Waals surface area contributed by atoms with Gasteiger partial charge in [0.1, 0.15) is 0 Å². The Labute approximate surface area is 128 Å². The molecule has 3 N–H and O–H groups in total. The van der Waals surface area contributed by atoms with Crippen LogP contribution in [0.5, 0.6) is 0 Å². The fourth-order valence-electron chi connectivity index (χ4n) is 2.65. The smallest absolute Gasteiger partial charge is 0.315 e. The molecule has 0 spiro atoms. The Morgan fingerprint density at radius 2 is 2.14 bits per heavy atom. The molecule has 21 heavy (non-hydrogen) atoms. The van der Waals surface area contributed by atoms with Gasteiger partial charge in [0.25, 0.3) is 0 Å². The summed E-state index contributed by atoms with van der Waals surface area (Å²) in [5, 5.41) is 14.9. The van der Waals surface area contributed by atoms with Gasteiger partial charge in [-0.25, -0.2) is 9.78 Å². The number of hydrogen-bond acceptors (Lipinski definition) is 4. The number of amides is 2. The molecule has 7 heteroatoms. The van der Waals surface area contributed by atoms with Crippen LogP contribution in [0.3, 0.4) is 0 Å². The van der Waals surface area contributed by atoms with Crippen LogP contribution >= 0.6 is 11.3 Å². The van der Waals surface area contributed by atoms with Crippen molar-refractivity contribution in [2.75, 3.05) is 0 Å². The first-order chi connectivity index (χ1) is 10.1. The summed E-state index contributed by atoms with van der Waals surface area (Å²) in [6.07, 6.45) is 4.27.